The number of carbonyl (C=O) groups excluding carboxylic acids is 4. The normalized spacial score (nSPS) is 14.3. The molecule has 15 nitrogen and oxygen atoms in total. The number of nitrogens with one attached hydrogen (secondary N) is 3. The van der Waals surface area contributed by atoms with Gasteiger partial charge in [-0.2, -0.15) is 0 Å². The molecule has 4 atom stereocenters. The Morgan fingerprint density at radius 1 is 0.788 bits per heavy atom. The SMILES string of the molecule is NCCCCC(NC(=O)C(CCC(=O)O)NC(=O)C(CO)NC(=O)C(N)CC(N)=O)C(=O)O. The van der Waals surface area contributed by atoms with Crippen molar-refractivity contribution in [3.63, 3.8) is 0 Å². The third kappa shape index (κ3) is 12.4. The third-order valence-electron chi connectivity index (χ3n) is 4.41. The Kier molecular flexibility index (Phi) is 13.9. The number of nitrogens with two attached hydrogens (primary N) is 3. The van der Waals surface area contributed by atoms with Gasteiger partial charge in [-0.15, -0.1) is 0 Å². The second kappa shape index (κ2) is 15.5. The fraction of sp³-hybridized carbons (Fsp3) is 0.667. The fourth-order valence-corrected chi connectivity index (χ4v) is 2.61. The molecule has 0 aromatic rings. The Morgan fingerprint density at radius 3 is 1.82 bits per heavy atom. The molecule has 0 radical (unpaired) electrons. The summed E-state index contributed by atoms with van der Waals surface area (Å²) in [6.07, 6.45) is -0.460. The van der Waals surface area contributed by atoms with Crippen LogP contribution in [-0.2, 0) is 28.8 Å². The van der Waals surface area contributed by atoms with Crippen molar-refractivity contribution in [2.24, 2.45) is 17.2 Å². The lowest BCUT2D eigenvalue weighted by Gasteiger charge is -2.24. The van der Waals surface area contributed by atoms with Crippen molar-refractivity contribution in [2.45, 2.75) is 62.7 Å². The highest BCUT2D eigenvalue weighted by Gasteiger charge is 2.30. The second-order valence-electron chi connectivity index (χ2n) is 7.20. The van der Waals surface area contributed by atoms with E-state index < -0.39 is 85.6 Å². The average Bonchev–Trinajstić information content (AvgIpc) is 2.72. The predicted molar refractivity (Wildman–Crippen MR) is 112 cm³/mol. The van der Waals surface area contributed by atoms with Crippen molar-refractivity contribution in [3.8, 4) is 0 Å². The van der Waals surface area contributed by atoms with Gasteiger partial charge in [-0.25, -0.2) is 4.79 Å². The van der Waals surface area contributed by atoms with Crippen molar-refractivity contribution in [1.29, 1.82) is 0 Å². The van der Waals surface area contributed by atoms with Crippen LogP contribution in [0.15, 0.2) is 0 Å². The molecule has 12 N–H and O–H groups in total. The molecule has 0 saturated heterocycles. The van der Waals surface area contributed by atoms with Crippen molar-refractivity contribution in [2.75, 3.05) is 13.2 Å². The fourth-order valence-electron chi connectivity index (χ4n) is 2.61. The molecule has 0 rings (SSSR count). The van der Waals surface area contributed by atoms with Crippen molar-refractivity contribution in [1.82, 2.24) is 16.0 Å². The highest BCUT2D eigenvalue weighted by atomic mass is 16.4. The van der Waals surface area contributed by atoms with E-state index in [0.29, 0.717) is 19.4 Å². The molecule has 0 aliphatic carbocycles. The van der Waals surface area contributed by atoms with Crippen molar-refractivity contribution >= 4 is 35.6 Å². The Hall–Kier alpha value is -3.30. The summed E-state index contributed by atoms with van der Waals surface area (Å²) in [7, 11) is 0. The third-order valence-corrected chi connectivity index (χ3v) is 4.41. The first kappa shape index (κ1) is 29.7. The number of hydrogen-bond acceptors (Lipinski definition) is 9. The molecule has 0 aliphatic heterocycles. The Labute approximate surface area is 189 Å². The van der Waals surface area contributed by atoms with Gasteiger partial charge in [0, 0.05) is 6.42 Å². The monoisotopic (exact) mass is 476 g/mol. The highest BCUT2D eigenvalue weighted by Crippen LogP contribution is 2.05. The largest absolute Gasteiger partial charge is 0.481 e. The number of aliphatic hydroxyl groups excluding tert-OH is 1. The van der Waals surface area contributed by atoms with E-state index >= 15 is 0 Å². The van der Waals surface area contributed by atoms with Gasteiger partial charge in [0.2, 0.25) is 23.6 Å². The molecule has 0 aromatic carbocycles. The van der Waals surface area contributed by atoms with Gasteiger partial charge < -0.3 is 48.5 Å². The number of carboxylic acids is 2. The number of hydrogen-bond donors (Lipinski definition) is 9. The Balaban J connectivity index is 5.30. The minimum absolute atomic E-state index is 0.0605. The predicted octanol–water partition coefficient (Wildman–Crippen LogP) is -4.29. The number of carboxylic acid groups (broad SMARTS) is 2. The zero-order chi connectivity index (χ0) is 25.6. The first-order valence-electron chi connectivity index (χ1n) is 10.1. The van der Waals surface area contributed by atoms with E-state index in [1.165, 1.54) is 0 Å². The zero-order valence-corrected chi connectivity index (χ0v) is 18.0. The molecule has 0 bridgehead atoms. The first-order valence-corrected chi connectivity index (χ1v) is 10.1. The van der Waals surface area contributed by atoms with Crippen molar-refractivity contribution < 1.29 is 44.1 Å². The smallest absolute Gasteiger partial charge is 0.326 e. The average molecular weight is 476 g/mol. The van der Waals surface area contributed by atoms with Gasteiger partial charge in [0.05, 0.1) is 19.1 Å². The second-order valence-corrected chi connectivity index (χ2v) is 7.20. The van der Waals surface area contributed by atoms with Crippen LogP contribution in [0.5, 0.6) is 0 Å². The Bertz CT molecular complexity index is 718. The molecule has 0 heterocycles. The maximum atomic E-state index is 12.6. The van der Waals surface area contributed by atoms with Crippen LogP contribution >= 0.6 is 0 Å². The summed E-state index contributed by atoms with van der Waals surface area (Å²) in [5.41, 5.74) is 15.8. The van der Waals surface area contributed by atoms with Crippen LogP contribution in [0.25, 0.3) is 0 Å². The maximum Gasteiger partial charge on any atom is 0.326 e. The minimum atomic E-state index is -1.59. The molecule has 0 aliphatic rings. The van der Waals surface area contributed by atoms with Crippen LogP contribution in [0.1, 0.15) is 38.5 Å². The van der Waals surface area contributed by atoms with Crippen LogP contribution < -0.4 is 33.2 Å². The summed E-state index contributed by atoms with van der Waals surface area (Å²) in [5, 5.41) is 34.1. The summed E-state index contributed by atoms with van der Waals surface area (Å²) in [4.78, 5) is 70.2. The molecule has 33 heavy (non-hydrogen) atoms. The van der Waals surface area contributed by atoms with E-state index in [9.17, 15) is 39.0 Å². The van der Waals surface area contributed by atoms with E-state index in [4.69, 9.17) is 22.3 Å². The number of primary amides is 1. The van der Waals surface area contributed by atoms with Gasteiger partial charge in [0.15, 0.2) is 0 Å². The summed E-state index contributed by atoms with van der Waals surface area (Å²) >= 11 is 0. The van der Waals surface area contributed by atoms with E-state index in [2.05, 4.69) is 16.0 Å². The van der Waals surface area contributed by atoms with Crippen LogP contribution in [-0.4, -0.2) is 88.2 Å². The molecular formula is C18H32N6O9. The molecule has 4 unspecified atom stereocenters. The quantitative estimate of drug-likeness (QED) is 0.0905. The maximum absolute atomic E-state index is 12.6. The van der Waals surface area contributed by atoms with Crippen LogP contribution in [0, 0.1) is 0 Å². The zero-order valence-electron chi connectivity index (χ0n) is 18.0. The molecule has 15 heteroatoms. The summed E-state index contributed by atoms with van der Waals surface area (Å²) < 4.78 is 0. The molecule has 0 aromatic heterocycles. The van der Waals surface area contributed by atoms with Gasteiger partial charge in [-0.3, -0.25) is 24.0 Å². The number of aliphatic hydroxyl groups is 1. The van der Waals surface area contributed by atoms with Crippen LogP contribution in [0.3, 0.4) is 0 Å². The Morgan fingerprint density at radius 2 is 1.33 bits per heavy atom. The molecule has 188 valence electrons. The molecule has 4 amide bonds. The van der Waals surface area contributed by atoms with Gasteiger partial charge >= 0.3 is 11.9 Å². The van der Waals surface area contributed by atoms with E-state index in [1.807, 2.05) is 0 Å². The van der Waals surface area contributed by atoms with Crippen LogP contribution in [0.4, 0.5) is 0 Å². The number of carbonyl (C=O) groups is 6. The first-order chi connectivity index (χ1) is 15.4. The van der Waals surface area contributed by atoms with E-state index in [-0.39, 0.29) is 6.42 Å². The minimum Gasteiger partial charge on any atom is -0.481 e. The molecular weight excluding hydrogens is 444 g/mol. The van der Waals surface area contributed by atoms with Crippen molar-refractivity contribution in [3.05, 3.63) is 0 Å². The molecule has 0 fully saturated rings. The number of aliphatic carboxylic acids is 2. The molecule has 0 spiro atoms. The number of rotatable bonds is 17. The lowest BCUT2D eigenvalue weighted by Crippen LogP contribution is -2.58. The van der Waals surface area contributed by atoms with Gasteiger partial charge in [-0.05, 0) is 32.2 Å². The van der Waals surface area contributed by atoms with Gasteiger partial charge in [0.25, 0.3) is 0 Å². The van der Waals surface area contributed by atoms with Gasteiger partial charge in [-0.1, -0.05) is 0 Å². The van der Waals surface area contributed by atoms with Gasteiger partial charge in [0.1, 0.15) is 18.1 Å². The lowest BCUT2D eigenvalue weighted by molar-refractivity contribution is -0.143. The number of unbranched alkanes of at least 4 members (excludes halogenated alkanes) is 1. The summed E-state index contributed by atoms with van der Waals surface area (Å²) in [5.74, 6) is -6.46. The highest BCUT2D eigenvalue weighted by molar-refractivity contribution is 5.95. The topological polar surface area (TPSA) is 277 Å². The van der Waals surface area contributed by atoms with Crippen LogP contribution in [0.2, 0.25) is 0 Å². The summed E-state index contributed by atoms with van der Waals surface area (Å²) in [6.45, 7) is -0.583. The lowest BCUT2D eigenvalue weighted by atomic mass is 10.1. The van der Waals surface area contributed by atoms with E-state index in [1.54, 1.807) is 0 Å². The molecule has 0 saturated carbocycles. The number of amides is 4. The standard InChI is InChI=1S/C18H32N6O9/c19-6-2-1-3-11(18(32)33)23-16(30)10(4-5-14(27)28)22-17(31)12(8-25)24-15(29)9(20)7-13(21)26/h9-12,25H,1-8,19-20H2,(H2,21,26)(H,22,31)(H,23,30)(H,24,29)(H,27,28)(H,32,33). The van der Waals surface area contributed by atoms with E-state index in [0.717, 1.165) is 0 Å². The summed E-state index contributed by atoms with van der Waals surface area (Å²) in [6, 6.07) is -5.75.